The Hall–Kier alpha value is -2.60. The second-order valence-electron chi connectivity index (χ2n) is 6.06. The lowest BCUT2D eigenvalue weighted by atomic mass is 10.1. The second kappa shape index (κ2) is 7.53. The molecule has 6 nitrogen and oxygen atoms in total. The largest absolute Gasteiger partial charge is 0.481 e. The Labute approximate surface area is 146 Å². The van der Waals surface area contributed by atoms with Crippen molar-refractivity contribution in [2.75, 3.05) is 19.7 Å². The molecule has 1 atom stereocenters. The molecular weight excluding hydrogens is 322 g/mol. The maximum atomic E-state index is 12.6. The van der Waals surface area contributed by atoms with Gasteiger partial charge in [0.05, 0.1) is 19.1 Å². The van der Waals surface area contributed by atoms with Gasteiger partial charge < -0.3 is 19.2 Å². The van der Waals surface area contributed by atoms with Crippen LogP contribution in [0.15, 0.2) is 40.8 Å². The monoisotopic (exact) mass is 343 g/mol. The van der Waals surface area contributed by atoms with Crippen LogP contribution in [0.3, 0.4) is 0 Å². The summed E-state index contributed by atoms with van der Waals surface area (Å²) in [7, 11) is 0. The molecule has 1 amide bonds. The number of furan rings is 1. The highest BCUT2D eigenvalue weighted by atomic mass is 16.5. The number of carboxylic acids is 1. The van der Waals surface area contributed by atoms with Gasteiger partial charge in [0.25, 0.3) is 5.91 Å². The number of carbonyl (C=O) groups is 2. The topological polar surface area (TPSA) is 80.0 Å². The molecule has 0 aliphatic carbocycles. The fraction of sp³-hybridized carbons (Fsp3) is 0.368. The zero-order valence-corrected chi connectivity index (χ0v) is 14.1. The van der Waals surface area contributed by atoms with Gasteiger partial charge in [-0.15, -0.1) is 0 Å². The quantitative estimate of drug-likeness (QED) is 0.903. The zero-order valence-electron chi connectivity index (χ0n) is 14.1. The number of morpholine rings is 1. The third-order valence-corrected chi connectivity index (χ3v) is 4.29. The average molecular weight is 343 g/mol. The minimum atomic E-state index is -0.935. The van der Waals surface area contributed by atoms with E-state index in [0.29, 0.717) is 18.9 Å². The molecule has 0 bridgehead atoms. The second-order valence-corrected chi connectivity index (χ2v) is 6.06. The van der Waals surface area contributed by atoms with E-state index in [1.165, 1.54) is 5.56 Å². The predicted molar refractivity (Wildman–Crippen MR) is 91.4 cm³/mol. The molecule has 132 valence electrons. The predicted octanol–water partition coefficient (Wildman–Crippen LogP) is 2.82. The summed E-state index contributed by atoms with van der Waals surface area (Å²) in [5.74, 6) is -0.280. The lowest BCUT2D eigenvalue weighted by Gasteiger charge is -2.31. The van der Waals surface area contributed by atoms with Crippen LogP contribution in [0, 0.1) is 0 Å². The average Bonchev–Trinajstić information content (AvgIpc) is 3.11. The molecule has 1 aliphatic heterocycles. The van der Waals surface area contributed by atoms with E-state index in [1.807, 2.05) is 24.3 Å². The summed E-state index contributed by atoms with van der Waals surface area (Å²) in [5, 5.41) is 8.87. The molecule has 1 fully saturated rings. The molecule has 0 radical (unpaired) electrons. The number of ether oxygens (including phenoxy) is 1. The molecule has 1 aliphatic rings. The van der Waals surface area contributed by atoms with E-state index in [9.17, 15) is 9.59 Å². The third kappa shape index (κ3) is 4.09. The Morgan fingerprint density at radius 1 is 1.20 bits per heavy atom. The van der Waals surface area contributed by atoms with Crippen molar-refractivity contribution in [3.8, 4) is 11.3 Å². The molecule has 1 aromatic carbocycles. The molecule has 2 aromatic rings. The standard InChI is InChI=1S/C19H21NO5/c1-2-13-3-5-14(6-4-13)16-7-8-17(25-16)19(23)20-9-10-24-15(12-20)11-18(21)22/h3-8,15H,2,9-12H2,1H3,(H,21,22)/t15-/m1/s1. The Kier molecular flexibility index (Phi) is 5.19. The van der Waals surface area contributed by atoms with E-state index < -0.39 is 12.1 Å². The summed E-state index contributed by atoms with van der Waals surface area (Å²) in [6.07, 6.45) is 0.374. The van der Waals surface area contributed by atoms with Gasteiger partial charge in [-0.1, -0.05) is 31.2 Å². The number of carboxylic acid groups (broad SMARTS) is 1. The molecule has 25 heavy (non-hydrogen) atoms. The van der Waals surface area contributed by atoms with Crippen molar-refractivity contribution in [3.63, 3.8) is 0 Å². The smallest absolute Gasteiger partial charge is 0.306 e. The van der Waals surface area contributed by atoms with Gasteiger partial charge in [-0.3, -0.25) is 9.59 Å². The van der Waals surface area contributed by atoms with Crippen LogP contribution in [0.2, 0.25) is 0 Å². The van der Waals surface area contributed by atoms with Gasteiger partial charge in [-0.2, -0.15) is 0 Å². The molecule has 3 rings (SSSR count). The molecule has 0 saturated carbocycles. The summed E-state index contributed by atoms with van der Waals surface area (Å²) in [6, 6.07) is 11.5. The van der Waals surface area contributed by atoms with Crippen molar-refractivity contribution in [1.82, 2.24) is 4.90 Å². The fourth-order valence-electron chi connectivity index (χ4n) is 2.89. The number of amides is 1. The molecular formula is C19H21NO5. The number of hydrogen-bond acceptors (Lipinski definition) is 4. The molecule has 1 aromatic heterocycles. The van der Waals surface area contributed by atoms with E-state index in [0.717, 1.165) is 12.0 Å². The zero-order chi connectivity index (χ0) is 17.8. The Morgan fingerprint density at radius 3 is 2.64 bits per heavy atom. The Bertz CT molecular complexity index is 749. The van der Waals surface area contributed by atoms with Crippen molar-refractivity contribution in [1.29, 1.82) is 0 Å². The summed E-state index contributed by atoms with van der Waals surface area (Å²) >= 11 is 0. The van der Waals surface area contributed by atoms with Crippen LogP contribution in [0.5, 0.6) is 0 Å². The van der Waals surface area contributed by atoms with Crippen LogP contribution in [-0.2, 0) is 16.0 Å². The highest BCUT2D eigenvalue weighted by Crippen LogP contribution is 2.24. The fourth-order valence-corrected chi connectivity index (χ4v) is 2.89. The van der Waals surface area contributed by atoms with Gasteiger partial charge in [-0.25, -0.2) is 0 Å². The molecule has 6 heteroatoms. The highest BCUT2D eigenvalue weighted by molar-refractivity contribution is 5.92. The summed E-state index contributed by atoms with van der Waals surface area (Å²) < 4.78 is 11.1. The summed E-state index contributed by atoms with van der Waals surface area (Å²) in [5.41, 5.74) is 2.16. The van der Waals surface area contributed by atoms with Gasteiger partial charge in [-0.05, 0) is 24.1 Å². The van der Waals surface area contributed by atoms with Crippen LogP contribution >= 0.6 is 0 Å². The maximum Gasteiger partial charge on any atom is 0.306 e. The lowest BCUT2D eigenvalue weighted by molar-refractivity contribution is -0.141. The highest BCUT2D eigenvalue weighted by Gasteiger charge is 2.28. The number of carbonyl (C=O) groups excluding carboxylic acids is 1. The van der Waals surface area contributed by atoms with Gasteiger partial charge >= 0.3 is 5.97 Å². The summed E-state index contributed by atoms with van der Waals surface area (Å²) in [6.45, 7) is 3.11. The van der Waals surface area contributed by atoms with Crippen molar-refractivity contribution in [2.24, 2.45) is 0 Å². The first-order chi connectivity index (χ1) is 12.1. The first-order valence-electron chi connectivity index (χ1n) is 8.38. The van der Waals surface area contributed by atoms with Crippen molar-refractivity contribution < 1.29 is 23.8 Å². The van der Waals surface area contributed by atoms with Crippen LogP contribution in [-0.4, -0.2) is 47.7 Å². The molecule has 2 heterocycles. The van der Waals surface area contributed by atoms with Crippen LogP contribution < -0.4 is 0 Å². The van der Waals surface area contributed by atoms with Crippen LogP contribution in [0.4, 0.5) is 0 Å². The number of nitrogens with zero attached hydrogens (tertiary/aromatic N) is 1. The molecule has 0 unspecified atom stereocenters. The molecule has 1 saturated heterocycles. The van der Waals surface area contributed by atoms with Crippen molar-refractivity contribution >= 4 is 11.9 Å². The van der Waals surface area contributed by atoms with Crippen molar-refractivity contribution in [2.45, 2.75) is 25.9 Å². The van der Waals surface area contributed by atoms with E-state index in [2.05, 4.69) is 6.92 Å². The number of rotatable bonds is 5. The molecule has 0 spiro atoms. The summed E-state index contributed by atoms with van der Waals surface area (Å²) in [4.78, 5) is 25.0. The van der Waals surface area contributed by atoms with Crippen molar-refractivity contribution in [3.05, 3.63) is 47.7 Å². The van der Waals surface area contributed by atoms with Gasteiger partial charge in [0.2, 0.25) is 0 Å². The SMILES string of the molecule is CCc1ccc(-c2ccc(C(=O)N3CCO[C@H](CC(=O)O)C3)o2)cc1. The van der Waals surface area contributed by atoms with Gasteiger partial charge in [0.1, 0.15) is 5.76 Å². The minimum Gasteiger partial charge on any atom is -0.481 e. The first kappa shape index (κ1) is 17.2. The maximum absolute atomic E-state index is 12.6. The minimum absolute atomic E-state index is 0.114. The van der Waals surface area contributed by atoms with Gasteiger partial charge in [0.15, 0.2) is 5.76 Å². The number of aryl methyl sites for hydroxylation is 1. The van der Waals surface area contributed by atoms with Crippen LogP contribution in [0.1, 0.15) is 29.5 Å². The Morgan fingerprint density at radius 2 is 1.96 bits per heavy atom. The third-order valence-electron chi connectivity index (χ3n) is 4.29. The van der Waals surface area contributed by atoms with Crippen LogP contribution in [0.25, 0.3) is 11.3 Å². The normalized spacial score (nSPS) is 17.5. The molecule has 1 N–H and O–H groups in total. The Balaban J connectivity index is 1.70. The van der Waals surface area contributed by atoms with E-state index in [-0.39, 0.29) is 24.6 Å². The number of hydrogen-bond donors (Lipinski definition) is 1. The van der Waals surface area contributed by atoms with E-state index in [4.69, 9.17) is 14.3 Å². The van der Waals surface area contributed by atoms with Gasteiger partial charge in [0, 0.05) is 18.7 Å². The van der Waals surface area contributed by atoms with E-state index >= 15 is 0 Å². The van der Waals surface area contributed by atoms with E-state index in [1.54, 1.807) is 17.0 Å². The lowest BCUT2D eigenvalue weighted by Crippen LogP contribution is -2.46. The number of aliphatic carboxylic acids is 1. The first-order valence-corrected chi connectivity index (χ1v) is 8.38. The number of benzene rings is 1.